The molecule has 0 radical (unpaired) electrons. The Morgan fingerprint density at radius 3 is 3.00 bits per heavy atom. The molecule has 0 aromatic heterocycles. The van der Waals surface area contributed by atoms with Crippen LogP contribution in [-0.4, -0.2) is 30.6 Å². The summed E-state index contributed by atoms with van der Waals surface area (Å²) in [5, 5.41) is 9.19. The van der Waals surface area contributed by atoms with Gasteiger partial charge in [-0.2, -0.15) is 0 Å². The Hall–Kier alpha value is -1.78. The van der Waals surface area contributed by atoms with Crippen molar-refractivity contribution in [1.29, 1.82) is 0 Å². The molecule has 4 nitrogen and oxygen atoms in total. The maximum absolute atomic E-state index is 11.5. The van der Waals surface area contributed by atoms with Crippen LogP contribution in [0.15, 0.2) is 18.2 Å². The Balaban J connectivity index is 2.56. The zero-order chi connectivity index (χ0) is 12.0. The summed E-state index contributed by atoms with van der Waals surface area (Å²) in [6.45, 7) is 4.14. The van der Waals surface area contributed by atoms with Crippen molar-refractivity contribution in [2.24, 2.45) is 0 Å². The van der Waals surface area contributed by atoms with Gasteiger partial charge in [0.15, 0.2) is 0 Å². The second kappa shape index (κ2) is 5.95. The van der Waals surface area contributed by atoms with Crippen LogP contribution in [-0.2, 0) is 4.74 Å². The van der Waals surface area contributed by atoms with E-state index in [0.29, 0.717) is 18.6 Å². The first-order valence-corrected chi connectivity index (χ1v) is 5.02. The zero-order valence-corrected chi connectivity index (χ0v) is 9.14. The molecule has 1 aromatic carbocycles. The molecule has 0 fully saturated rings. The summed E-state index contributed by atoms with van der Waals surface area (Å²) in [4.78, 5) is 11.5. The number of phenolic OH excluding ortho intramolecular Hbond substituents is 1. The molecule has 0 saturated carbocycles. The van der Waals surface area contributed by atoms with E-state index in [9.17, 15) is 9.90 Å². The van der Waals surface area contributed by atoms with Crippen molar-refractivity contribution >= 4 is 24.5 Å². The number of nitrogens with two attached hydrogens (primary N) is 1. The number of hydrogen-bond acceptors (Lipinski definition) is 4. The monoisotopic (exact) mass is 219 g/mol. The van der Waals surface area contributed by atoms with Gasteiger partial charge in [-0.3, -0.25) is 0 Å². The van der Waals surface area contributed by atoms with Crippen LogP contribution in [0, 0.1) is 0 Å². The minimum atomic E-state index is -0.434. The Morgan fingerprint density at radius 2 is 2.38 bits per heavy atom. The molecule has 0 heterocycles. The van der Waals surface area contributed by atoms with Crippen molar-refractivity contribution in [3.05, 3.63) is 23.8 Å². The molecule has 0 amide bonds. The van der Waals surface area contributed by atoms with Crippen molar-refractivity contribution in [1.82, 2.24) is 0 Å². The number of anilines is 1. The number of rotatable bonds is 4. The quantitative estimate of drug-likeness (QED) is 0.261. The van der Waals surface area contributed by atoms with Crippen molar-refractivity contribution < 1.29 is 14.6 Å². The summed E-state index contributed by atoms with van der Waals surface area (Å²) in [6, 6.07) is 4.24. The first-order valence-electron chi connectivity index (χ1n) is 5.02. The summed E-state index contributed by atoms with van der Waals surface area (Å²) in [5.74, 6) is 1.44. The minimum absolute atomic E-state index is 0.0366. The Labute approximate surface area is 94.9 Å². The van der Waals surface area contributed by atoms with Crippen LogP contribution in [0.5, 0.6) is 5.75 Å². The third-order valence-electron chi connectivity index (χ3n) is 2.02. The van der Waals surface area contributed by atoms with Gasteiger partial charge in [-0.1, -0.05) is 0 Å². The second-order valence-electron chi connectivity index (χ2n) is 3.27. The fourth-order valence-corrected chi connectivity index (χ4v) is 1.15. The van der Waals surface area contributed by atoms with Crippen LogP contribution >= 0.6 is 0 Å². The molecule has 84 valence electrons. The number of phenols is 1. The number of carbonyl (C=O) groups is 1. The zero-order valence-electron chi connectivity index (χ0n) is 9.14. The van der Waals surface area contributed by atoms with Crippen LogP contribution in [0.3, 0.4) is 0 Å². The number of benzene rings is 1. The number of carbonyl (C=O) groups excluding carboxylic acids is 1. The molecule has 5 heteroatoms. The normalized spacial score (nSPS) is 10.1. The number of hydrogen-bond donors (Lipinski definition) is 2. The van der Waals surface area contributed by atoms with E-state index in [0.717, 1.165) is 0 Å². The summed E-state index contributed by atoms with van der Waals surface area (Å²) < 4.78 is 5.00. The van der Waals surface area contributed by atoms with Crippen molar-refractivity contribution in [2.45, 2.75) is 13.2 Å². The molecular weight excluding hydrogens is 205 g/mol. The third-order valence-corrected chi connectivity index (χ3v) is 2.02. The topological polar surface area (TPSA) is 72.5 Å². The van der Waals surface area contributed by atoms with Crippen molar-refractivity contribution in [3.8, 4) is 5.75 Å². The molecular formula is C11H14BNO3. The fraction of sp³-hybridized carbons (Fsp3) is 0.273. The fourth-order valence-electron chi connectivity index (χ4n) is 1.15. The first-order chi connectivity index (χ1) is 7.65. The van der Waals surface area contributed by atoms with E-state index >= 15 is 0 Å². The first kappa shape index (κ1) is 12.3. The van der Waals surface area contributed by atoms with Gasteiger partial charge in [0, 0.05) is 0 Å². The van der Waals surface area contributed by atoms with Gasteiger partial charge < -0.3 is 0 Å². The summed E-state index contributed by atoms with van der Waals surface area (Å²) in [6.07, 6.45) is 0.690. The second-order valence-corrected chi connectivity index (χ2v) is 3.27. The summed E-state index contributed by atoms with van der Waals surface area (Å²) in [7, 11) is 0. The number of nitrogen functional groups attached to an aromatic ring is 1. The van der Waals surface area contributed by atoms with Crippen LogP contribution in [0.4, 0.5) is 5.69 Å². The summed E-state index contributed by atoms with van der Waals surface area (Å²) in [5.41, 5.74) is 5.98. The van der Waals surface area contributed by atoms with E-state index < -0.39 is 5.97 Å². The van der Waals surface area contributed by atoms with Gasteiger partial charge in [0.05, 0.1) is 0 Å². The standard InChI is InChI=1S/C11H14BNO3/c1-12-5-2-6-16-11(15)8-3-4-10(14)9(13)7-8/h3-5,7,14H,2,6,13H2,1H3. The number of esters is 1. The molecule has 0 unspecified atom stereocenters. The van der Waals surface area contributed by atoms with Crippen LogP contribution in [0.25, 0.3) is 0 Å². The molecule has 1 aromatic rings. The van der Waals surface area contributed by atoms with Crippen molar-refractivity contribution in [2.75, 3.05) is 12.3 Å². The third kappa shape index (κ3) is 3.42. The maximum atomic E-state index is 11.5. The van der Waals surface area contributed by atoms with Crippen molar-refractivity contribution in [3.63, 3.8) is 0 Å². The number of ether oxygens (including phenoxy) is 1. The molecule has 3 N–H and O–H groups in total. The Bertz CT molecular complexity index is 404. The summed E-state index contributed by atoms with van der Waals surface area (Å²) >= 11 is 0. The van der Waals surface area contributed by atoms with E-state index in [1.165, 1.54) is 18.2 Å². The molecule has 0 aliphatic rings. The van der Waals surface area contributed by atoms with Gasteiger partial charge in [-0.05, 0) is 0 Å². The van der Waals surface area contributed by atoms with E-state index in [2.05, 4.69) is 0 Å². The Morgan fingerprint density at radius 1 is 1.62 bits per heavy atom. The average Bonchev–Trinajstić information content (AvgIpc) is 2.28. The molecule has 0 spiro atoms. The van der Waals surface area contributed by atoms with E-state index in [4.69, 9.17) is 10.5 Å². The van der Waals surface area contributed by atoms with Crippen LogP contribution in [0.2, 0.25) is 6.82 Å². The molecule has 0 saturated heterocycles. The van der Waals surface area contributed by atoms with Crippen LogP contribution < -0.4 is 5.73 Å². The number of aromatic hydroxyl groups is 1. The molecule has 16 heavy (non-hydrogen) atoms. The van der Waals surface area contributed by atoms with Gasteiger partial charge >= 0.3 is 94.3 Å². The predicted octanol–water partition coefficient (Wildman–Crippen LogP) is 1.08. The molecule has 1 rings (SSSR count). The van der Waals surface area contributed by atoms with E-state index in [1.54, 1.807) is 0 Å². The molecule has 0 bridgehead atoms. The SMILES string of the molecule is C/B=C/CCOC(=O)c1ccc(O)c(N)c1. The van der Waals surface area contributed by atoms with Gasteiger partial charge in [0.1, 0.15) is 0 Å². The van der Waals surface area contributed by atoms with Gasteiger partial charge in [-0.25, -0.2) is 0 Å². The molecule has 0 atom stereocenters. The van der Waals surface area contributed by atoms with E-state index in [1.807, 2.05) is 19.7 Å². The molecule has 0 aliphatic heterocycles. The predicted molar refractivity (Wildman–Crippen MR) is 65.1 cm³/mol. The molecule has 0 aliphatic carbocycles. The van der Waals surface area contributed by atoms with Crippen LogP contribution in [0.1, 0.15) is 16.8 Å². The Kier molecular flexibility index (Phi) is 4.57. The van der Waals surface area contributed by atoms with E-state index in [-0.39, 0.29) is 11.4 Å². The van der Waals surface area contributed by atoms with Gasteiger partial charge in [0.2, 0.25) is 0 Å². The van der Waals surface area contributed by atoms with Gasteiger partial charge in [0.25, 0.3) is 0 Å². The van der Waals surface area contributed by atoms with Gasteiger partial charge in [-0.15, -0.1) is 0 Å². The average molecular weight is 219 g/mol.